The Morgan fingerprint density at radius 1 is 1.35 bits per heavy atom. The van der Waals surface area contributed by atoms with Crippen LogP contribution in [0.15, 0.2) is 18.2 Å². The largest absolute Gasteiger partial charge is 0.382 e. The molecule has 2 rings (SSSR count). The van der Waals surface area contributed by atoms with E-state index in [1.165, 1.54) is 36.1 Å². The van der Waals surface area contributed by atoms with Crippen molar-refractivity contribution in [3.8, 4) is 0 Å². The van der Waals surface area contributed by atoms with Crippen molar-refractivity contribution in [2.24, 2.45) is 5.73 Å². The summed E-state index contributed by atoms with van der Waals surface area (Å²) >= 11 is 0. The summed E-state index contributed by atoms with van der Waals surface area (Å²) in [7, 11) is 0. The average molecular weight is 232 g/mol. The number of aryl methyl sites for hydroxylation is 2. The van der Waals surface area contributed by atoms with Crippen molar-refractivity contribution in [3.63, 3.8) is 0 Å². The van der Waals surface area contributed by atoms with E-state index in [4.69, 9.17) is 5.73 Å². The number of hydrogen-bond acceptors (Lipinski definition) is 2. The molecule has 1 aromatic carbocycles. The van der Waals surface area contributed by atoms with Crippen molar-refractivity contribution in [1.29, 1.82) is 0 Å². The zero-order valence-electron chi connectivity index (χ0n) is 11.0. The maximum Gasteiger partial charge on any atom is 0.0404 e. The highest BCUT2D eigenvalue weighted by Gasteiger charge is 2.19. The molecule has 1 fully saturated rings. The third kappa shape index (κ3) is 3.01. The Morgan fingerprint density at radius 3 is 2.88 bits per heavy atom. The van der Waals surface area contributed by atoms with Gasteiger partial charge < -0.3 is 11.1 Å². The predicted octanol–water partition coefficient (Wildman–Crippen LogP) is 3.24. The summed E-state index contributed by atoms with van der Waals surface area (Å²) in [5.74, 6) is 0. The van der Waals surface area contributed by atoms with Gasteiger partial charge in [-0.15, -0.1) is 0 Å². The normalized spacial score (nSPS) is 24.6. The number of nitrogens with one attached hydrogen (secondary N) is 1. The minimum absolute atomic E-state index is 0.385. The van der Waals surface area contributed by atoms with Gasteiger partial charge in [-0.3, -0.25) is 0 Å². The molecule has 0 aromatic heterocycles. The van der Waals surface area contributed by atoms with Crippen molar-refractivity contribution < 1.29 is 0 Å². The van der Waals surface area contributed by atoms with Crippen molar-refractivity contribution in [1.82, 2.24) is 0 Å². The minimum Gasteiger partial charge on any atom is -0.382 e. The second kappa shape index (κ2) is 5.54. The first-order chi connectivity index (χ1) is 8.20. The summed E-state index contributed by atoms with van der Waals surface area (Å²) in [6.07, 6.45) is 5.89. The van der Waals surface area contributed by atoms with E-state index >= 15 is 0 Å². The van der Waals surface area contributed by atoms with Gasteiger partial charge in [0, 0.05) is 17.8 Å². The lowest BCUT2D eigenvalue weighted by molar-refractivity contribution is 0.409. The smallest absolute Gasteiger partial charge is 0.0404 e. The first-order valence-electron chi connectivity index (χ1n) is 6.81. The van der Waals surface area contributed by atoms with Gasteiger partial charge in [0.1, 0.15) is 0 Å². The SMILES string of the molecule is CCc1cccc(C)c1NC1CCCC(N)C1. The molecule has 2 nitrogen and oxygen atoms in total. The van der Waals surface area contributed by atoms with Crippen LogP contribution in [-0.4, -0.2) is 12.1 Å². The summed E-state index contributed by atoms with van der Waals surface area (Å²) in [4.78, 5) is 0. The Labute approximate surface area is 105 Å². The third-order valence-electron chi connectivity index (χ3n) is 3.80. The molecule has 0 spiro atoms. The van der Waals surface area contributed by atoms with Crippen LogP contribution < -0.4 is 11.1 Å². The molecule has 0 aliphatic heterocycles. The Balaban J connectivity index is 2.12. The lowest BCUT2D eigenvalue weighted by Crippen LogP contribution is -2.35. The first kappa shape index (κ1) is 12.4. The standard InChI is InChI=1S/C15H24N2/c1-3-12-7-4-6-11(2)15(12)17-14-9-5-8-13(16)10-14/h4,6-7,13-14,17H,3,5,8-10,16H2,1-2H3. The Kier molecular flexibility index (Phi) is 4.06. The molecule has 3 N–H and O–H groups in total. The highest BCUT2D eigenvalue weighted by Crippen LogP contribution is 2.26. The van der Waals surface area contributed by atoms with Crippen LogP contribution in [0.25, 0.3) is 0 Å². The van der Waals surface area contributed by atoms with Gasteiger partial charge in [0.15, 0.2) is 0 Å². The van der Waals surface area contributed by atoms with Crippen molar-refractivity contribution >= 4 is 5.69 Å². The molecule has 1 aliphatic rings. The van der Waals surface area contributed by atoms with E-state index in [1.54, 1.807) is 0 Å². The van der Waals surface area contributed by atoms with Gasteiger partial charge in [-0.2, -0.15) is 0 Å². The molecule has 0 bridgehead atoms. The molecule has 1 aliphatic carbocycles. The highest BCUT2D eigenvalue weighted by atomic mass is 14.9. The third-order valence-corrected chi connectivity index (χ3v) is 3.80. The summed E-state index contributed by atoms with van der Waals surface area (Å²) < 4.78 is 0. The van der Waals surface area contributed by atoms with Crippen molar-refractivity contribution in [2.45, 2.75) is 58.0 Å². The fourth-order valence-corrected chi connectivity index (χ4v) is 2.79. The summed E-state index contributed by atoms with van der Waals surface area (Å²) in [5.41, 5.74) is 10.2. The van der Waals surface area contributed by atoms with E-state index < -0.39 is 0 Å². The predicted molar refractivity (Wildman–Crippen MR) is 74.4 cm³/mol. The van der Waals surface area contributed by atoms with Gasteiger partial charge in [-0.05, 0) is 50.2 Å². The molecule has 0 amide bonds. The average Bonchev–Trinajstić information content (AvgIpc) is 2.32. The first-order valence-corrected chi connectivity index (χ1v) is 6.81. The maximum atomic E-state index is 6.05. The number of anilines is 1. The molecular weight excluding hydrogens is 208 g/mol. The van der Waals surface area contributed by atoms with E-state index in [9.17, 15) is 0 Å². The van der Waals surface area contributed by atoms with E-state index in [0.29, 0.717) is 12.1 Å². The number of hydrogen-bond donors (Lipinski definition) is 2. The number of rotatable bonds is 3. The zero-order chi connectivity index (χ0) is 12.3. The zero-order valence-corrected chi connectivity index (χ0v) is 11.0. The van der Waals surface area contributed by atoms with Crippen LogP contribution in [0.2, 0.25) is 0 Å². The van der Waals surface area contributed by atoms with E-state index in [1.807, 2.05) is 0 Å². The van der Waals surface area contributed by atoms with E-state index in [2.05, 4.69) is 37.4 Å². The molecule has 2 unspecified atom stereocenters. The molecular formula is C15H24N2. The Hall–Kier alpha value is -1.02. The summed E-state index contributed by atoms with van der Waals surface area (Å²) in [6.45, 7) is 4.40. The minimum atomic E-state index is 0.385. The molecule has 0 saturated heterocycles. The highest BCUT2D eigenvalue weighted by molar-refractivity contribution is 5.57. The lowest BCUT2D eigenvalue weighted by atomic mass is 9.91. The van der Waals surface area contributed by atoms with Gasteiger partial charge in [-0.1, -0.05) is 25.1 Å². The van der Waals surface area contributed by atoms with E-state index in [-0.39, 0.29) is 0 Å². The van der Waals surface area contributed by atoms with Crippen LogP contribution >= 0.6 is 0 Å². The molecule has 1 aromatic rings. The fraction of sp³-hybridized carbons (Fsp3) is 0.600. The summed E-state index contributed by atoms with van der Waals surface area (Å²) in [6, 6.07) is 7.49. The second-order valence-corrected chi connectivity index (χ2v) is 5.23. The molecule has 0 heterocycles. The molecule has 0 radical (unpaired) electrons. The van der Waals surface area contributed by atoms with Crippen LogP contribution in [-0.2, 0) is 6.42 Å². The van der Waals surface area contributed by atoms with Gasteiger partial charge in [0.2, 0.25) is 0 Å². The van der Waals surface area contributed by atoms with Crippen LogP contribution in [0.4, 0.5) is 5.69 Å². The Morgan fingerprint density at radius 2 is 2.18 bits per heavy atom. The monoisotopic (exact) mass is 232 g/mol. The van der Waals surface area contributed by atoms with Crippen molar-refractivity contribution in [2.75, 3.05) is 5.32 Å². The number of para-hydroxylation sites is 1. The molecule has 94 valence electrons. The van der Waals surface area contributed by atoms with Gasteiger partial charge in [0.25, 0.3) is 0 Å². The molecule has 17 heavy (non-hydrogen) atoms. The van der Waals surface area contributed by atoms with Gasteiger partial charge >= 0.3 is 0 Å². The van der Waals surface area contributed by atoms with Crippen LogP contribution in [0, 0.1) is 6.92 Å². The molecule has 2 heteroatoms. The topological polar surface area (TPSA) is 38.0 Å². The van der Waals surface area contributed by atoms with Crippen LogP contribution in [0.5, 0.6) is 0 Å². The van der Waals surface area contributed by atoms with Gasteiger partial charge in [0.05, 0.1) is 0 Å². The number of benzene rings is 1. The fourth-order valence-electron chi connectivity index (χ4n) is 2.79. The Bertz CT molecular complexity index is 373. The lowest BCUT2D eigenvalue weighted by Gasteiger charge is -2.29. The van der Waals surface area contributed by atoms with Crippen LogP contribution in [0.1, 0.15) is 43.7 Å². The van der Waals surface area contributed by atoms with Crippen LogP contribution in [0.3, 0.4) is 0 Å². The van der Waals surface area contributed by atoms with E-state index in [0.717, 1.165) is 12.8 Å². The van der Waals surface area contributed by atoms with Crippen molar-refractivity contribution in [3.05, 3.63) is 29.3 Å². The molecule has 1 saturated carbocycles. The maximum absolute atomic E-state index is 6.05. The summed E-state index contributed by atoms with van der Waals surface area (Å²) in [5, 5.41) is 3.72. The second-order valence-electron chi connectivity index (χ2n) is 5.23. The molecule has 2 atom stereocenters. The van der Waals surface area contributed by atoms with Gasteiger partial charge in [-0.25, -0.2) is 0 Å². The number of nitrogens with two attached hydrogens (primary N) is 1. The quantitative estimate of drug-likeness (QED) is 0.839.